The van der Waals surface area contributed by atoms with Crippen LogP contribution in [0.5, 0.6) is 0 Å². The van der Waals surface area contributed by atoms with Crippen molar-refractivity contribution in [2.24, 2.45) is 0 Å². The fourth-order valence-corrected chi connectivity index (χ4v) is 3.30. The molecule has 2 aromatic rings. The maximum atomic E-state index is 13.8. The maximum Gasteiger partial charge on any atom is 0.227 e. The van der Waals surface area contributed by atoms with E-state index in [1.807, 2.05) is 22.4 Å². The third kappa shape index (κ3) is 3.27. The van der Waals surface area contributed by atoms with Gasteiger partial charge in [-0.3, -0.25) is 4.79 Å². The number of carbonyl (C=O) groups is 1. The predicted molar refractivity (Wildman–Crippen MR) is 83.2 cm³/mol. The van der Waals surface area contributed by atoms with E-state index in [1.54, 1.807) is 16.2 Å². The van der Waals surface area contributed by atoms with Crippen molar-refractivity contribution in [1.82, 2.24) is 4.90 Å². The van der Waals surface area contributed by atoms with Crippen molar-refractivity contribution in [3.63, 3.8) is 0 Å². The first kappa shape index (κ1) is 15.0. The monoisotopic (exact) mass is 322 g/mol. The van der Waals surface area contributed by atoms with E-state index in [-0.39, 0.29) is 5.91 Å². The summed E-state index contributed by atoms with van der Waals surface area (Å²) in [5.41, 5.74) is 0.395. The summed E-state index contributed by atoms with van der Waals surface area (Å²) in [4.78, 5) is 16.9. The van der Waals surface area contributed by atoms with Gasteiger partial charge in [0.05, 0.1) is 12.1 Å². The minimum absolute atomic E-state index is 0.0988. The molecule has 0 aliphatic carbocycles. The molecule has 0 unspecified atom stereocenters. The Labute approximate surface area is 131 Å². The third-order valence-electron chi connectivity index (χ3n) is 3.79. The van der Waals surface area contributed by atoms with E-state index >= 15 is 0 Å². The topological polar surface area (TPSA) is 23.6 Å². The van der Waals surface area contributed by atoms with Crippen LogP contribution in [0.1, 0.15) is 4.88 Å². The van der Waals surface area contributed by atoms with Crippen molar-refractivity contribution in [1.29, 1.82) is 0 Å². The van der Waals surface area contributed by atoms with Gasteiger partial charge in [-0.1, -0.05) is 6.07 Å². The lowest BCUT2D eigenvalue weighted by molar-refractivity contribution is -0.130. The van der Waals surface area contributed by atoms with Crippen molar-refractivity contribution in [2.75, 3.05) is 31.1 Å². The van der Waals surface area contributed by atoms with Crippen LogP contribution in [0.2, 0.25) is 0 Å². The number of carbonyl (C=O) groups excluding carboxylic acids is 1. The van der Waals surface area contributed by atoms with Gasteiger partial charge in [0, 0.05) is 37.1 Å². The van der Waals surface area contributed by atoms with Crippen LogP contribution in [0.3, 0.4) is 0 Å². The summed E-state index contributed by atoms with van der Waals surface area (Å²) in [5.74, 6) is -1.04. The molecule has 0 atom stereocenters. The first-order chi connectivity index (χ1) is 10.6. The first-order valence-electron chi connectivity index (χ1n) is 7.13. The normalized spacial score (nSPS) is 15.2. The molecule has 3 nitrogen and oxygen atoms in total. The summed E-state index contributed by atoms with van der Waals surface area (Å²) in [6.45, 7) is 2.22. The summed E-state index contributed by atoms with van der Waals surface area (Å²) in [5, 5.41) is 1.96. The van der Waals surface area contributed by atoms with E-state index in [0.29, 0.717) is 38.3 Å². The Morgan fingerprint density at radius 3 is 2.55 bits per heavy atom. The first-order valence-corrected chi connectivity index (χ1v) is 8.01. The number of piperazine rings is 1. The van der Waals surface area contributed by atoms with Crippen LogP contribution in [0.4, 0.5) is 14.5 Å². The number of hydrogen-bond acceptors (Lipinski definition) is 3. The van der Waals surface area contributed by atoms with Gasteiger partial charge in [0.1, 0.15) is 11.6 Å². The molecule has 1 aromatic carbocycles. The highest BCUT2D eigenvalue weighted by atomic mass is 32.1. The van der Waals surface area contributed by atoms with E-state index in [9.17, 15) is 13.6 Å². The lowest BCUT2D eigenvalue weighted by atomic mass is 10.2. The Morgan fingerprint density at radius 2 is 1.91 bits per heavy atom. The molecule has 116 valence electrons. The second-order valence-corrected chi connectivity index (χ2v) is 6.25. The van der Waals surface area contributed by atoms with Gasteiger partial charge in [-0.2, -0.15) is 0 Å². The summed E-state index contributed by atoms with van der Waals surface area (Å²) >= 11 is 1.57. The molecule has 1 saturated heterocycles. The highest BCUT2D eigenvalue weighted by Gasteiger charge is 2.23. The smallest absolute Gasteiger partial charge is 0.227 e. The predicted octanol–water partition coefficient (Wildman–Crippen LogP) is 2.92. The Morgan fingerprint density at radius 1 is 1.14 bits per heavy atom. The molecule has 1 amide bonds. The highest BCUT2D eigenvalue weighted by Crippen LogP contribution is 2.22. The molecule has 1 aromatic heterocycles. The largest absolute Gasteiger partial charge is 0.366 e. The van der Waals surface area contributed by atoms with Crippen LogP contribution in [-0.4, -0.2) is 37.0 Å². The number of halogens is 2. The molecule has 22 heavy (non-hydrogen) atoms. The highest BCUT2D eigenvalue weighted by molar-refractivity contribution is 7.10. The fraction of sp³-hybridized carbons (Fsp3) is 0.312. The van der Waals surface area contributed by atoms with Gasteiger partial charge in [-0.05, 0) is 23.6 Å². The molecule has 2 heterocycles. The van der Waals surface area contributed by atoms with Gasteiger partial charge in [0.25, 0.3) is 0 Å². The summed E-state index contributed by atoms with van der Waals surface area (Å²) in [6.07, 6.45) is 0.419. The lowest BCUT2D eigenvalue weighted by Crippen LogP contribution is -2.49. The van der Waals surface area contributed by atoms with Gasteiger partial charge in [-0.15, -0.1) is 11.3 Å². The van der Waals surface area contributed by atoms with E-state index in [0.717, 1.165) is 10.9 Å². The van der Waals surface area contributed by atoms with Crippen molar-refractivity contribution in [3.05, 3.63) is 52.2 Å². The second kappa shape index (κ2) is 6.44. The lowest BCUT2D eigenvalue weighted by Gasteiger charge is -2.36. The third-order valence-corrected chi connectivity index (χ3v) is 4.66. The molecule has 0 bridgehead atoms. The van der Waals surface area contributed by atoms with Gasteiger partial charge in [0.15, 0.2) is 0 Å². The summed E-state index contributed by atoms with van der Waals surface area (Å²) < 4.78 is 26.7. The number of hydrogen-bond donors (Lipinski definition) is 0. The van der Waals surface area contributed by atoms with E-state index in [1.165, 1.54) is 12.1 Å². The number of thiophene rings is 1. The molecule has 0 saturated carbocycles. The average molecular weight is 322 g/mol. The van der Waals surface area contributed by atoms with Crippen LogP contribution in [-0.2, 0) is 11.2 Å². The van der Waals surface area contributed by atoms with Gasteiger partial charge < -0.3 is 9.80 Å². The van der Waals surface area contributed by atoms with Crippen LogP contribution >= 0.6 is 11.3 Å². The molecule has 0 spiro atoms. The SMILES string of the molecule is O=C(Cc1cccs1)N1CCN(c2ccc(F)cc2F)CC1. The Balaban J connectivity index is 1.59. The molecular weight excluding hydrogens is 306 g/mol. The van der Waals surface area contributed by atoms with Crippen molar-refractivity contribution < 1.29 is 13.6 Å². The van der Waals surface area contributed by atoms with Crippen LogP contribution in [0.25, 0.3) is 0 Å². The summed E-state index contributed by atoms with van der Waals surface area (Å²) in [6, 6.07) is 7.49. The van der Waals surface area contributed by atoms with Crippen LogP contribution in [0.15, 0.2) is 35.7 Å². The number of nitrogens with zero attached hydrogens (tertiary/aromatic N) is 2. The molecule has 1 aliphatic heterocycles. The van der Waals surface area contributed by atoms with E-state index in [4.69, 9.17) is 0 Å². The van der Waals surface area contributed by atoms with Gasteiger partial charge >= 0.3 is 0 Å². The molecule has 6 heteroatoms. The molecule has 1 aliphatic rings. The number of rotatable bonds is 3. The standard InChI is InChI=1S/C16H16F2N2OS/c17-12-3-4-15(14(18)10-12)19-5-7-20(8-6-19)16(21)11-13-2-1-9-22-13/h1-4,9-10H,5-8,11H2. The second-order valence-electron chi connectivity index (χ2n) is 5.22. The Kier molecular flexibility index (Phi) is 4.38. The number of amides is 1. The summed E-state index contributed by atoms with van der Waals surface area (Å²) in [7, 11) is 0. The van der Waals surface area contributed by atoms with Crippen molar-refractivity contribution >= 4 is 22.9 Å². The van der Waals surface area contributed by atoms with Crippen LogP contribution in [0, 0.1) is 11.6 Å². The zero-order valence-corrected chi connectivity index (χ0v) is 12.8. The molecule has 1 fully saturated rings. The van der Waals surface area contributed by atoms with Crippen LogP contribution < -0.4 is 4.90 Å². The molecule has 3 rings (SSSR count). The Bertz CT molecular complexity index is 652. The fourth-order valence-electron chi connectivity index (χ4n) is 2.61. The molecule has 0 N–H and O–H groups in total. The average Bonchev–Trinajstić information content (AvgIpc) is 3.00. The van der Waals surface area contributed by atoms with Crippen molar-refractivity contribution in [2.45, 2.75) is 6.42 Å². The zero-order valence-electron chi connectivity index (χ0n) is 12.0. The number of anilines is 1. The maximum absolute atomic E-state index is 13.8. The van der Waals surface area contributed by atoms with Gasteiger partial charge in [-0.25, -0.2) is 8.78 Å². The minimum Gasteiger partial charge on any atom is -0.366 e. The van der Waals surface area contributed by atoms with E-state index in [2.05, 4.69) is 0 Å². The number of benzene rings is 1. The minimum atomic E-state index is -0.578. The Hall–Kier alpha value is -1.95. The molecular formula is C16H16F2N2OS. The van der Waals surface area contributed by atoms with Gasteiger partial charge in [0.2, 0.25) is 5.91 Å². The van der Waals surface area contributed by atoms with E-state index < -0.39 is 11.6 Å². The van der Waals surface area contributed by atoms with Crippen molar-refractivity contribution in [3.8, 4) is 0 Å². The zero-order chi connectivity index (χ0) is 15.5. The molecule has 0 radical (unpaired) electrons. The quantitative estimate of drug-likeness (QED) is 0.867.